The fraction of sp³-hybridized carbons (Fsp3) is 0.300. The number of aromatic nitrogens is 2. The van der Waals surface area contributed by atoms with Crippen molar-refractivity contribution in [1.82, 2.24) is 18.5 Å². The van der Waals surface area contributed by atoms with Gasteiger partial charge in [-0.3, -0.25) is 14.6 Å². The molecule has 7 nitrogen and oxygen atoms in total. The summed E-state index contributed by atoms with van der Waals surface area (Å²) in [5.74, 6) is -0.0268. The zero-order valence-corrected chi connectivity index (χ0v) is 16.2. The molecule has 1 N–H and O–H groups in total. The van der Waals surface area contributed by atoms with Crippen LogP contribution in [0.5, 0.6) is 0 Å². The van der Waals surface area contributed by atoms with Crippen molar-refractivity contribution in [2.45, 2.75) is 6.54 Å². The van der Waals surface area contributed by atoms with Crippen molar-refractivity contribution in [3.05, 3.63) is 53.6 Å². The Balaban J connectivity index is 1.26. The lowest BCUT2D eigenvalue weighted by Gasteiger charge is -2.34. The molecule has 1 aliphatic rings. The number of nitrogens with zero attached hydrogens (tertiary/aromatic N) is 5. The first kappa shape index (κ1) is 18.5. The van der Waals surface area contributed by atoms with Crippen molar-refractivity contribution in [3.63, 3.8) is 0 Å². The van der Waals surface area contributed by atoms with Crippen LogP contribution >= 0.6 is 11.7 Å². The Morgan fingerprint density at radius 2 is 1.82 bits per heavy atom. The molecular formula is C20H20N6OS. The lowest BCUT2D eigenvalue weighted by atomic mass is 10.1. The van der Waals surface area contributed by atoms with Crippen LogP contribution in [0, 0.1) is 11.3 Å². The van der Waals surface area contributed by atoms with E-state index in [1.165, 1.54) is 5.56 Å². The Hall–Kier alpha value is -2.86. The van der Waals surface area contributed by atoms with Gasteiger partial charge in [0, 0.05) is 32.7 Å². The molecule has 0 bridgehead atoms. The predicted molar refractivity (Wildman–Crippen MR) is 109 cm³/mol. The average Bonchev–Trinajstić information content (AvgIpc) is 3.20. The number of benzene rings is 2. The summed E-state index contributed by atoms with van der Waals surface area (Å²) in [6, 6.07) is 15.5. The fourth-order valence-corrected chi connectivity index (χ4v) is 3.90. The molecule has 2 heterocycles. The van der Waals surface area contributed by atoms with Gasteiger partial charge in [0.1, 0.15) is 11.0 Å². The first-order chi connectivity index (χ1) is 13.7. The molecule has 0 aliphatic carbocycles. The second kappa shape index (κ2) is 8.44. The molecule has 0 radical (unpaired) electrons. The van der Waals surface area contributed by atoms with Crippen molar-refractivity contribution in [1.29, 1.82) is 5.26 Å². The van der Waals surface area contributed by atoms with Crippen LogP contribution in [0.2, 0.25) is 0 Å². The first-order valence-corrected chi connectivity index (χ1v) is 9.89. The maximum atomic E-state index is 12.4. The van der Waals surface area contributed by atoms with Gasteiger partial charge in [-0.15, -0.1) is 0 Å². The molecule has 0 unspecified atom stereocenters. The van der Waals surface area contributed by atoms with Crippen LogP contribution < -0.4 is 5.32 Å². The van der Waals surface area contributed by atoms with Crippen LogP contribution in [-0.2, 0) is 11.3 Å². The van der Waals surface area contributed by atoms with E-state index >= 15 is 0 Å². The summed E-state index contributed by atoms with van der Waals surface area (Å²) in [5, 5.41) is 11.8. The molecule has 1 saturated heterocycles. The number of hydrogen-bond donors (Lipinski definition) is 1. The van der Waals surface area contributed by atoms with Crippen molar-refractivity contribution in [2.24, 2.45) is 0 Å². The summed E-state index contributed by atoms with van der Waals surface area (Å²) in [7, 11) is 0. The molecule has 0 saturated carbocycles. The fourth-order valence-electron chi connectivity index (χ4n) is 3.35. The molecule has 8 heteroatoms. The van der Waals surface area contributed by atoms with Crippen LogP contribution in [-0.4, -0.2) is 57.2 Å². The maximum absolute atomic E-state index is 12.4. The Morgan fingerprint density at radius 3 is 2.57 bits per heavy atom. The van der Waals surface area contributed by atoms with Crippen molar-refractivity contribution in [3.8, 4) is 6.07 Å². The molecule has 1 fully saturated rings. The smallest absolute Gasteiger partial charge is 0.238 e. The third-order valence-corrected chi connectivity index (χ3v) is 5.42. The van der Waals surface area contributed by atoms with E-state index in [-0.39, 0.29) is 5.91 Å². The van der Waals surface area contributed by atoms with Crippen LogP contribution in [0.25, 0.3) is 11.0 Å². The minimum absolute atomic E-state index is 0.0268. The highest BCUT2D eigenvalue weighted by molar-refractivity contribution is 7.00. The number of rotatable bonds is 5. The quantitative estimate of drug-likeness (QED) is 0.717. The summed E-state index contributed by atoms with van der Waals surface area (Å²) in [6.45, 7) is 4.78. The zero-order chi connectivity index (χ0) is 19.3. The number of nitriles is 1. The number of anilines is 1. The van der Waals surface area contributed by atoms with E-state index in [0.29, 0.717) is 12.1 Å². The molecule has 1 aromatic heterocycles. The first-order valence-electron chi connectivity index (χ1n) is 9.16. The van der Waals surface area contributed by atoms with E-state index in [2.05, 4.69) is 29.9 Å². The number of nitrogens with one attached hydrogen (secondary N) is 1. The summed E-state index contributed by atoms with van der Waals surface area (Å²) in [4.78, 5) is 17.0. The van der Waals surface area contributed by atoms with E-state index in [1.54, 1.807) is 0 Å². The number of piperazine rings is 1. The predicted octanol–water partition coefficient (Wildman–Crippen LogP) is 2.32. The number of carbonyl (C=O) groups is 1. The van der Waals surface area contributed by atoms with Crippen LogP contribution in [0.3, 0.4) is 0 Å². The van der Waals surface area contributed by atoms with Crippen LogP contribution in [0.4, 0.5) is 5.69 Å². The summed E-state index contributed by atoms with van der Waals surface area (Å²) < 4.78 is 8.46. The summed E-state index contributed by atoms with van der Waals surface area (Å²) >= 11 is 1.15. The zero-order valence-electron chi connectivity index (χ0n) is 15.3. The van der Waals surface area contributed by atoms with Gasteiger partial charge in [-0.25, -0.2) is 0 Å². The molecular weight excluding hydrogens is 372 g/mol. The molecule has 142 valence electrons. The number of amides is 1. The van der Waals surface area contributed by atoms with Gasteiger partial charge in [0.15, 0.2) is 0 Å². The highest BCUT2D eigenvalue weighted by Crippen LogP contribution is 2.21. The van der Waals surface area contributed by atoms with E-state index in [4.69, 9.17) is 5.26 Å². The highest BCUT2D eigenvalue weighted by Gasteiger charge is 2.19. The molecule has 4 rings (SSSR count). The van der Waals surface area contributed by atoms with Crippen LogP contribution in [0.1, 0.15) is 11.1 Å². The number of carbonyl (C=O) groups excluding carboxylic acids is 1. The van der Waals surface area contributed by atoms with Crippen LogP contribution in [0.15, 0.2) is 42.5 Å². The van der Waals surface area contributed by atoms with Gasteiger partial charge in [0.25, 0.3) is 0 Å². The summed E-state index contributed by atoms with van der Waals surface area (Å²) in [6.07, 6.45) is 0. The molecule has 28 heavy (non-hydrogen) atoms. The van der Waals surface area contributed by atoms with Gasteiger partial charge in [-0.05, 0) is 29.8 Å². The van der Waals surface area contributed by atoms with Crippen molar-refractivity contribution >= 4 is 34.4 Å². The van der Waals surface area contributed by atoms with Gasteiger partial charge in [-0.2, -0.15) is 14.0 Å². The molecule has 0 atom stereocenters. The number of hydrogen-bond acceptors (Lipinski definition) is 7. The minimum atomic E-state index is -0.0268. The average molecular weight is 392 g/mol. The Labute approximate surface area is 167 Å². The molecule has 1 aliphatic heterocycles. The Bertz CT molecular complexity index is 1000. The minimum Gasteiger partial charge on any atom is -0.323 e. The SMILES string of the molecule is N#Cc1ccc(CN2CCN(CC(=O)Nc3cccc4nsnc34)CC2)cc1. The van der Waals surface area contributed by atoms with Gasteiger partial charge in [-0.1, -0.05) is 18.2 Å². The Morgan fingerprint density at radius 1 is 1.07 bits per heavy atom. The van der Waals surface area contributed by atoms with Gasteiger partial charge in [0.05, 0.1) is 35.6 Å². The van der Waals surface area contributed by atoms with Gasteiger partial charge in [0.2, 0.25) is 5.91 Å². The largest absolute Gasteiger partial charge is 0.323 e. The second-order valence-electron chi connectivity index (χ2n) is 6.85. The van der Waals surface area contributed by atoms with Gasteiger partial charge < -0.3 is 5.32 Å². The Kier molecular flexibility index (Phi) is 5.58. The number of fused-ring (bicyclic) bond motifs is 1. The van der Waals surface area contributed by atoms with E-state index in [0.717, 1.165) is 61.2 Å². The lowest BCUT2D eigenvalue weighted by Crippen LogP contribution is -2.48. The standard InChI is InChI=1S/C20H20N6OS/c21-12-15-4-6-16(7-5-15)13-25-8-10-26(11-9-25)14-19(27)22-17-2-1-3-18-20(17)24-28-23-18/h1-7H,8-11,13-14H2,(H,22,27). The van der Waals surface area contributed by atoms with E-state index in [1.807, 2.05) is 42.5 Å². The topological polar surface area (TPSA) is 85.2 Å². The lowest BCUT2D eigenvalue weighted by molar-refractivity contribution is -0.117. The third-order valence-electron chi connectivity index (χ3n) is 4.88. The molecule has 1 amide bonds. The normalized spacial score (nSPS) is 15.4. The highest BCUT2D eigenvalue weighted by atomic mass is 32.1. The molecule has 0 spiro atoms. The second-order valence-corrected chi connectivity index (χ2v) is 7.38. The molecule has 2 aromatic carbocycles. The van der Waals surface area contributed by atoms with Crippen molar-refractivity contribution in [2.75, 3.05) is 38.0 Å². The van der Waals surface area contributed by atoms with E-state index < -0.39 is 0 Å². The monoisotopic (exact) mass is 392 g/mol. The summed E-state index contributed by atoms with van der Waals surface area (Å²) in [5.41, 5.74) is 4.15. The van der Waals surface area contributed by atoms with Gasteiger partial charge >= 0.3 is 0 Å². The van der Waals surface area contributed by atoms with E-state index in [9.17, 15) is 4.79 Å². The third kappa shape index (κ3) is 4.34. The molecule has 3 aromatic rings. The van der Waals surface area contributed by atoms with Crippen molar-refractivity contribution < 1.29 is 4.79 Å². The maximum Gasteiger partial charge on any atom is 0.238 e.